The molecule has 5 nitrogen and oxygen atoms in total. The number of alkyl halides is 3. The van der Waals surface area contributed by atoms with Gasteiger partial charge < -0.3 is 9.47 Å². The third-order valence-electron chi connectivity index (χ3n) is 5.21. The molecule has 32 heavy (non-hydrogen) atoms. The molecule has 0 aliphatic heterocycles. The van der Waals surface area contributed by atoms with E-state index in [9.17, 15) is 18.0 Å². The average Bonchev–Trinajstić information content (AvgIpc) is 2.77. The van der Waals surface area contributed by atoms with Gasteiger partial charge in [-0.1, -0.05) is 29.8 Å². The van der Waals surface area contributed by atoms with Gasteiger partial charge in [0.1, 0.15) is 5.75 Å². The summed E-state index contributed by atoms with van der Waals surface area (Å²) in [5, 5.41) is 0.158. The zero-order valence-corrected chi connectivity index (χ0v) is 17.5. The van der Waals surface area contributed by atoms with E-state index >= 15 is 0 Å². The Bertz CT molecular complexity index is 1360. The largest absolute Gasteiger partial charge is 0.495 e. The van der Waals surface area contributed by atoms with Gasteiger partial charge in [0.15, 0.2) is 5.88 Å². The number of ether oxygens (including phenoxy) is 2. The first kappa shape index (κ1) is 21.4. The third kappa shape index (κ3) is 3.79. The summed E-state index contributed by atoms with van der Waals surface area (Å²) >= 11 is 0. The van der Waals surface area contributed by atoms with Crippen molar-refractivity contribution in [2.45, 2.75) is 13.1 Å². The number of nitrogens with zero attached hydrogens (tertiary/aromatic N) is 1. The van der Waals surface area contributed by atoms with Crippen molar-refractivity contribution in [2.75, 3.05) is 14.2 Å². The Labute approximate surface area is 181 Å². The molecular weight excluding hydrogens is 421 g/mol. The SMILES string of the molecule is COc1ccc(-c2cc(C(F)(F)F)c(OC)c3cc(-c4ccc(C)cc4)cnc23)c(=O)[nH]1. The van der Waals surface area contributed by atoms with E-state index in [2.05, 4.69) is 9.97 Å². The van der Waals surface area contributed by atoms with E-state index in [1.165, 1.54) is 26.4 Å². The Balaban J connectivity index is 2.06. The molecule has 1 N–H and O–H groups in total. The standard InChI is InChI=1S/C24H19F3N2O3/c1-13-4-6-14(7-5-13)15-10-18-21(28-12-15)17(11-19(22(18)32-3)24(25,26)27)16-8-9-20(31-2)29-23(16)30/h4-12H,1-3H3,(H,29,30). The lowest BCUT2D eigenvalue weighted by molar-refractivity contribution is -0.138. The minimum atomic E-state index is -4.70. The van der Waals surface area contributed by atoms with Crippen molar-refractivity contribution < 1.29 is 22.6 Å². The van der Waals surface area contributed by atoms with Crippen LogP contribution >= 0.6 is 0 Å². The minimum Gasteiger partial charge on any atom is -0.495 e. The monoisotopic (exact) mass is 440 g/mol. The maximum Gasteiger partial charge on any atom is 0.420 e. The zero-order chi connectivity index (χ0) is 23.0. The van der Waals surface area contributed by atoms with Crippen LogP contribution in [0.2, 0.25) is 0 Å². The molecule has 0 fully saturated rings. The highest BCUT2D eigenvalue weighted by Crippen LogP contribution is 2.44. The average molecular weight is 440 g/mol. The molecule has 0 radical (unpaired) electrons. The molecule has 0 saturated carbocycles. The van der Waals surface area contributed by atoms with Gasteiger partial charge in [0.05, 0.1) is 25.3 Å². The van der Waals surface area contributed by atoms with Crippen molar-refractivity contribution >= 4 is 10.9 Å². The van der Waals surface area contributed by atoms with Crippen LogP contribution in [0.25, 0.3) is 33.2 Å². The quantitative estimate of drug-likeness (QED) is 0.449. The topological polar surface area (TPSA) is 64.2 Å². The second-order valence-corrected chi connectivity index (χ2v) is 7.26. The molecule has 0 aliphatic rings. The van der Waals surface area contributed by atoms with Crippen LogP contribution in [0, 0.1) is 6.92 Å². The fourth-order valence-electron chi connectivity index (χ4n) is 3.60. The van der Waals surface area contributed by atoms with Crippen molar-refractivity contribution in [1.82, 2.24) is 9.97 Å². The lowest BCUT2D eigenvalue weighted by Crippen LogP contribution is -2.13. The molecule has 0 amide bonds. The summed E-state index contributed by atoms with van der Waals surface area (Å²) in [5.74, 6) is -0.148. The fourth-order valence-corrected chi connectivity index (χ4v) is 3.60. The molecule has 0 saturated heterocycles. The van der Waals surface area contributed by atoms with Crippen molar-refractivity contribution in [3.8, 4) is 33.9 Å². The minimum absolute atomic E-state index is 0.0412. The number of pyridine rings is 2. The molecule has 164 valence electrons. The predicted octanol–water partition coefficient (Wildman–Crippen LogP) is 5.60. The number of aryl methyl sites for hydroxylation is 1. The lowest BCUT2D eigenvalue weighted by atomic mass is 9.96. The van der Waals surface area contributed by atoms with Gasteiger partial charge in [0, 0.05) is 28.3 Å². The summed E-state index contributed by atoms with van der Waals surface area (Å²) in [5.41, 5.74) is 1.22. The Morgan fingerprint density at radius 1 is 0.906 bits per heavy atom. The van der Waals surface area contributed by atoms with Crippen molar-refractivity contribution in [3.05, 3.63) is 76.2 Å². The van der Waals surface area contributed by atoms with Gasteiger partial charge in [-0.25, -0.2) is 0 Å². The Morgan fingerprint density at radius 2 is 1.62 bits per heavy atom. The number of aromatic amines is 1. The summed E-state index contributed by atoms with van der Waals surface area (Å²) < 4.78 is 52.0. The van der Waals surface area contributed by atoms with E-state index in [1.807, 2.05) is 31.2 Å². The maximum absolute atomic E-state index is 13.9. The highest BCUT2D eigenvalue weighted by Gasteiger charge is 2.36. The third-order valence-corrected chi connectivity index (χ3v) is 5.21. The van der Waals surface area contributed by atoms with E-state index in [0.717, 1.165) is 17.2 Å². The van der Waals surface area contributed by atoms with Gasteiger partial charge in [0.2, 0.25) is 0 Å². The molecule has 0 spiro atoms. The van der Waals surface area contributed by atoms with E-state index in [-0.39, 0.29) is 33.7 Å². The molecular formula is C24H19F3N2O3. The van der Waals surface area contributed by atoms with Gasteiger partial charge in [-0.05, 0) is 36.8 Å². The Kier molecular flexibility index (Phi) is 5.38. The Morgan fingerprint density at radius 3 is 2.22 bits per heavy atom. The molecule has 8 heteroatoms. The first-order valence-electron chi connectivity index (χ1n) is 9.65. The fraction of sp³-hybridized carbons (Fsp3) is 0.167. The molecule has 0 bridgehead atoms. The van der Waals surface area contributed by atoms with Gasteiger partial charge >= 0.3 is 6.18 Å². The summed E-state index contributed by atoms with van der Waals surface area (Å²) in [6.07, 6.45) is -3.13. The van der Waals surface area contributed by atoms with Crippen molar-refractivity contribution in [2.24, 2.45) is 0 Å². The van der Waals surface area contributed by atoms with Crippen LogP contribution in [0.1, 0.15) is 11.1 Å². The van der Waals surface area contributed by atoms with Crippen LogP contribution in [0.4, 0.5) is 13.2 Å². The second-order valence-electron chi connectivity index (χ2n) is 7.26. The van der Waals surface area contributed by atoms with Crippen LogP contribution < -0.4 is 15.0 Å². The van der Waals surface area contributed by atoms with E-state index < -0.39 is 17.3 Å². The van der Waals surface area contributed by atoms with E-state index in [4.69, 9.17) is 9.47 Å². The van der Waals surface area contributed by atoms with Gasteiger partial charge in [-0.3, -0.25) is 14.8 Å². The van der Waals surface area contributed by atoms with E-state index in [1.54, 1.807) is 12.3 Å². The smallest absolute Gasteiger partial charge is 0.420 e. The maximum atomic E-state index is 13.9. The normalized spacial score (nSPS) is 11.6. The lowest BCUT2D eigenvalue weighted by Gasteiger charge is -2.18. The number of hydrogen-bond donors (Lipinski definition) is 1. The molecule has 2 aromatic carbocycles. The van der Waals surface area contributed by atoms with E-state index in [0.29, 0.717) is 5.56 Å². The second kappa shape index (κ2) is 8.03. The first-order chi connectivity index (χ1) is 15.2. The number of halogens is 3. The predicted molar refractivity (Wildman–Crippen MR) is 116 cm³/mol. The number of nitrogens with one attached hydrogen (secondary N) is 1. The van der Waals surface area contributed by atoms with Crippen LogP contribution in [-0.2, 0) is 6.18 Å². The first-order valence-corrected chi connectivity index (χ1v) is 9.65. The molecule has 4 aromatic rings. The van der Waals surface area contributed by atoms with Crippen LogP contribution in [-0.4, -0.2) is 24.2 Å². The zero-order valence-electron chi connectivity index (χ0n) is 17.5. The molecule has 0 unspecified atom stereocenters. The molecule has 0 atom stereocenters. The van der Waals surface area contributed by atoms with Crippen molar-refractivity contribution in [3.63, 3.8) is 0 Å². The summed E-state index contributed by atoms with van der Waals surface area (Å²) in [6, 6.07) is 12.9. The van der Waals surface area contributed by atoms with Gasteiger partial charge in [-0.2, -0.15) is 13.2 Å². The van der Waals surface area contributed by atoms with Crippen LogP contribution in [0.15, 0.2) is 59.5 Å². The number of rotatable bonds is 4. The number of benzene rings is 2. The highest BCUT2D eigenvalue weighted by molar-refractivity contribution is 6.00. The summed E-state index contributed by atoms with van der Waals surface area (Å²) in [4.78, 5) is 19.5. The number of hydrogen-bond acceptors (Lipinski definition) is 4. The van der Waals surface area contributed by atoms with Crippen LogP contribution in [0.3, 0.4) is 0 Å². The number of methoxy groups -OCH3 is 2. The molecule has 0 aliphatic carbocycles. The Hall–Kier alpha value is -3.81. The molecule has 2 heterocycles. The van der Waals surface area contributed by atoms with Gasteiger partial charge in [0.25, 0.3) is 5.56 Å². The molecule has 4 rings (SSSR count). The van der Waals surface area contributed by atoms with Gasteiger partial charge in [-0.15, -0.1) is 0 Å². The number of fused-ring (bicyclic) bond motifs is 1. The highest BCUT2D eigenvalue weighted by atomic mass is 19.4. The number of H-pyrrole nitrogens is 1. The number of aromatic nitrogens is 2. The molecule has 2 aromatic heterocycles. The summed E-state index contributed by atoms with van der Waals surface area (Å²) in [7, 11) is 2.56. The van der Waals surface area contributed by atoms with Crippen LogP contribution in [0.5, 0.6) is 11.6 Å². The van der Waals surface area contributed by atoms with Crippen molar-refractivity contribution in [1.29, 1.82) is 0 Å². The summed E-state index contributed by atoms with van der Waals surface area (Å²) in [6.45, 7) is 1.94.